The predicted octanol–water partition coefficient (Wildman–Crippen LogP) is 2.08. The SMILES string of the molecule is CC(C)(C)OC(=O)N1CCn2nc(NCC3CCOC3)cc2C1. The fourth-order valence-electron chi connectivity index (χ4n) is 2.83. The molecule has 0 aliphatic carbocycles. The first-order valence-corrected chi connectivity index (χ1v) is 8.27. The van der Waals surface area contributed by atoms with E-state index in [0.717, 1.165) is 37.7 Å². The summed E-state index contributed by atoms with van der Waals surface area (Å²) >= 11 is 0. The van der Waals surface area contributed by atoms with Crippen LogP contribution in [0.5, 0.6) is 0 Å². The number of ether oxygens (including phenoxy) is 2. The van der Waals surface area contributed by atoms with Gasteiger partial charge in [0.2, 0.25) is 0 Å². The molecule has 23 heavy (non-hydrogen) atoms. The Morgan fingerprint density at radius 2 is 2.30 bits per heavy atom. The number of aromatic nitrogens is 2. The molecular weight excluding hydrogens is 296 g/mol. The minimum Gasteiger partial charge on any atom is -0.444 e. The van der Waals surface area contributed by atoms with E-state index in [1.807, 2.05) is 31.5 Å². The van der Waals surface area contributed by atoms with E-state index >= 15 is 0 Å². The lowest BCUT2D eigenvalue weighted by Gasteiger charge is -2.30. The maximum atomic E-state index is 12.2. The van der Waals surface area contributed by atoms with Crippen LogP contribution < -0.4 is 5.32 Å². The highest BCUT2D eigenvalue weighted by molar-refractivity contribution is 5.68. The molecule has 0 saturated carbocycles. The zero-order valence-corrected chi connectivity index (χ0v) is 14.2. The highest BCUT2D eigenvalue weighted by Crippen LogP contribution is 2.20. The predicted molar refractivity (Wildman–Crippen MR) is 86.3 cm³/mol. The standard InChI is InChI=1S/C16H26N4O3/c1-16(2,3)23-15(21)19-5-6-20-13(10-19)8-14(18-20)17-9-12-4-7-22-11-12/h8,12H,4-7,9-11H2,1-3H3,(H,17,18). The van der Waals surface area contributed by atoms with Gasteiger partial charge in [0.05, 0.1) is 25.4 Å². The highest BCUT2D eigenvalue weighted by Gasteiger charge is 2.26. The van der Waals surface area contributed by atoms with Crippen molar-refractivity contribution in [1.29, 1.82) is 0 Å². The van der Waals surface area contributed by atoms with Gasteiger partial charge >= 0.3 is 6.09 Å². The van der Waals surface area contributed by atoms with Crippen molar-refractivity contribution in [2.24, 2.45) is 5.92 Å². The van der Waals surface area contributed by atoms with Gasteiger partial charge in [-0.25, -0.2) is 4.79 Å². The maximum Gasteiger partial charge on any atom is 0.410 e. The third-order valence-electron chi connectivity index (χ3n) is 4.05. The molecule has 0 spiro atoms. The summed E-state index contributed by atoms with van der Waals surface area (Å²) in [5.74, 6) is 1.44. The van der Waals surface area contributed by atoms with Gasteiger partial charge in [-0.1, -0.05) is 0 Å². The molecule has 1 aromatic heterocycles. The molecule has 0 radical (unpaired) electrons. The first-order valence-electron chi connectivity index (χ1n) is 8.27. The van der Waals surface area contributed by atoms with Gasteiger partial charge in [-0.15, -0.1) is 0 Å². The number of fused-ring (bicyclic) bond motifs is 1. The van der Waals surface area contributed by atoms with Crippen LogP contribution in [0.1, 0.15) is 32.9 Å². The second kappa shape index (κ2) is 6.39. The zero-order chi connectivity index (χ0) is 16.4. The molecule has 1 atom stereocenters. The van der Waals surface area contributed by atoms with Crippen molar-refractivity contribution in [3.05, 3.63) is 11.8 Å². The molecule has 3 rings (SSSR count). The molecule has 7 heteroatoms. The van der Waals surface area contributed by atoms with Crippen molar-refractivity contribution in [3.63, 3.8) is 0 Å². The minimum atomic E-state index is -0.467. The number of amides is 1. The van der Waals surface area contributed by atoms with Crippen LogP contribution in [0, 0.1) is 5.92 Å². The summed E-state index contributed by atoms with van der Waals surface area (Å²) in [5, 5.41) is 7.95. The molecule has 1 fully saturated rings. The smallest absolute Gasteiger partial charge is 0.410 e. The van der Waals surface area contributed by atoms with E-state index in [9.17, 15) is 4.79 Å². The normalized spacial score (nSPS) is 21.2. The number of nitrogens with zero attached hydrogens (tertiary/aromatic N) is 3. The first kappa shape index (κ1) is 16.1. The largest absolute Gasteiger partial charge is 0.444 e. The van der Waals surface area contributed by atoms with Gasteiger partial charge < -0.3 is 19.7 Å². The number of anilines is 1. The molecule has 2 aliphatic heterocycles. The Morgan fingerprint density at radius 3 is 3.00 bits per heavy atom. The Bertz CT molecular complexity index is 558. The van der Waals surface area contributed by atoms with Crippen molar-refractivity contribution < 1.29 is 14.3 Å². The van der Waals surface area contributed by atoms with Crippen molar-refractivity contribution in [2.75, 3.05) is 31.6 Å². The van der Waals surface area contributed by atoms with Gasteiger partial charge in [-0.3, -0.25) is 4.68 Å². The molecule has 128 valence electrons. The molecule has 2 aliphatic rings. The molecule has 0 bridgehead atoms. The van der Waals surface area contributed by atoms with Crippen molar-refractivity contribution in [2.45, 2.75) is 45.9 Å². The van der Waals surface area contributed by atoms with E-state index in [1.165, 1.54) is 0 Å². The van der Waals surface area contributed by atoms with Crippen LogP contribution >= 0.6 is 0 Å². The number of hydrogen-bond acceptors (Lipinski definition) is 5. The Kier molecular flexibility index (Phi) is 4.48. The lowest BCUT2D eigenvalue weighted by atomic mass is 10.1. The average Bonchev–Trinajstić information content (AvgIpc) is 3.11. The van der Waals surface area contributed by atoms with Crippen LogP contribution in [0.25, 0.3) is 0 Å². The Balaban J connectivity index is 1.57. The summed E-state index contributed by atoms with van der Waals surface area (Å²) in [6.45, 7) is 10.1. The maximum absolute atomic E-state index is 12.2. The van der Waals surface area contributed by atoms with Crippen molar-refractivity contribution >= 4 is 11.9 Å². The molecule has 1 saturated heterocycles. The topological polar surface area (TPSA) is 68.6 Å². The Labute approximate surface area is 136 Å². The molecule has 1 unspecified atom stereocenters. The van der Waals surface area contributed by atoms with Gasteiger partial charge in [-0.05, 0) is 27.2 Å². The molecule has 1 aromatic rings. The number of carbonyl (C=O) groups is 1. The summed E-state index contributed by atoms with van der Waals surface area (Å²) < 4.78 is 12.8. The summed E-state index contributed by atoms with van der Waals surface area (Å²) in [4.78, 5) is 13.9. The molecule has 1 amide bonds. The van der Waals surface area contributed by atoms with E-state index in [0.29, 0.717) is 25.6 Å². The van der Waals surface area contributed by atoms with Crippen LogP contribution in [-0.4, -0.2) is 52.7 Å². The monoisotopic (exact) mass is 322 g/mol. The van der Waals surface area contributed by atoms with Crippen LogP contribution in [0.2, 0.25) is 0 Å². The van der Waals surface area contributed by atoms with Crippen LogP contribution in [0.15, 0.2) is 6.07 Å². The number of rotatable bonds is 3. The third-order valence-corrected chi connectivity index (χ3v) is 4.05. The molecule has 3 heterocycles. The van der Waals surface area contributed by atoms with Gasteiger partial charge in [0.15, 0.2) is 0 Å². The second-order valence-electron chi connectivity index (χ2n) is 7.26. The average molecular weight is 322 g/mol. The number of nitrogens with one attached hydrogen (secondary N) is 1. The lowest BCUT2D eigenvalue weighted by molar-refractivity contribution is 0.0194. The molecule has 1 N–H and O–H groups in total. The van der Waals surface area contributed by atoms with Gasteiger partial charge in [-0.2, -0.15) is 5.10 Å². The van der Waals surface area contributed by atoms with Crippen molar-refractivity contribution in [1.82, 2.24) is 14.7 Å². The van der Waals surface area contributed by atoms with Crippen LogP contribution in [-0.2, 0) is 22.6 Å². The van der Waals surface area contributed by atoms with Crippen molar-refractivity contribution in [3.8, 4) is 0 Å². The van der Waals surface area contributed by atoms with E-state index in [4.69, 9.17) is 9.47 Å². The van der Waals surface area contributed by atoms with E-state index in [2.05, 4.69) is 10.4 Å². The number of carbonyl (C=O) groups excluding carboxylic acids is 1. The van der Waals surface area contributed by atoms with Crippen LogP contribution in [0.4, 0.5) is 10.6 Å². The zero-order valence-electron chi connectivity index (χ0n) is 14.2. The number of hydrogen-bond donors (Lipinski definition) is 1. The quantitative estimate of drug-likeness (QED) is 0.923. The minimum absolute atomic E-state index is 0.262. The van der Waals surface area contributed by atoms with Gasteiger partial charge in [0, 0.05) is 31.7 Å². The van der Waals surface area contributed by atoms with Gasteiger partial charge in [0.25, 0.3) is 0 Å². The highest BCUT2D eigenvalue weighted by atomic mass is 16.6. The van der Waals surface area contributed by atoms with E-state index < -0.39 is 5.60 Å². The Morgan fingerprint density at radius 1 is 1.48 bits per heavy atom. The van der Waals surface area contributed by atoms with E-state index in [-0.39, 0.29) is 6.09 Å². The molecular formula is C16H26N4O3. The third kappa shape index (κ3) is 4.16. The summed E-state index contributed by atoms with van der Waals surface area (Å²) in [5.41, 5.74) is 0.567. The molecule has 0 aromatic carbocycles. The van der Waals surface area contributed by atoms with Gasteiger partial charge in [0.1, 0.15) is 11.4 Å². The van der Waals surface area contributed by atoms with Crippen LogP contribution in [0.3, 0.4) is 0 Å². The Hall–Kier alpha value is -1.76. The summed E-state index contributed by atoms with van der Waals surface area (Å²) in [6, 6.07) is 2.02. The fourth-order valence-corrected chi connectivity index (χ4v) is 2.83. The first-order chi connectivity index (χ1) is 10.9. The lowest BCUT2D eigenvalue weighted by Crippen LogP contribution is -2.41. The molecule has 7 nitrogen and oxygen atoms in total. The second-order valence-corrected chi connectivity index (χ2v) is 7.26. The summed E-state index contributed by atoms with van der Waals surface area (Å²) in [6.07, 6.45) is 0.843. The fraction of sp³-hybridized carbons (Fsp3) is 0.750. The van der Waals surface area contributed by atoms with E-state index in [1.54, 1.807) is 4.90 Å². The summed E-state index contributed by atoms with van der Waals surface area (Å²) in [7, 11) is 0.